The van der Waals surface area contributed by atoms with Crippen molar-refractivity contribution in [3.8, 4) is 0 Å². The molecule has 0 aromatic carbocycles. The van der Waals surface area contributed by atoms with Crippen molar-refractivity contribution in [1.82, 2.24) is 10.2 Å². The number of halogens is 2. The molecule has 5 heteroatoms. The van der Waals surface area contributed by atoms with Crippen molar-refractivity contribution in [2.75, 3.05) is 26.2 Å². The van der Waals surface area contributed by atoms with Crippen LogP contribution in [0.1, 0.15) is 50.2 Å². The van der Waals surface area contributed by atoms with Crippen LogP contribution in [0.15, 0.2) is 16.5 Å². The standard InChI is InChI=1S/C15H26N2O.2ClH/c1-3-4-5-6-14(15-8-7-13(2)18-15)17-11-9-16-10-12-17;;/h7-8,14,16H,3-6,9-12H2,1-2H3;2*1H/t14-;;/m1../s1. The van der Waals surface area contributed by atoms with Gasteiger partial charge in [0.2, 0.25) is 0 Å². The molecule has 1 fully saturated rings. The van der Waals surface area contributed by atoms with Crippen LogP contribution in [0.5, 0.6) is 0 Å². The molecule has 1 saturated heterocycles. The van der Waals surface area contributed by atoms with Crippen molar-refractivity contribution in [1.29, 1.82) is 0 Å². The molecule has 2 rings (SSSR count). The third kappa shape index (κ3) is 5.65. The topological polar surface area (TPSA) is 28.4 Å². The van der Waals surface area contributed by atoms with Crippen LogP contribution in [0.3, 0.4) is 0 Å². The summed E-state index contributed by atoms with van der Waals surface area (Å²) in [5, 5.41) is 3.42. The highest BCUT2D eigenvalue weighted by Gasteiger charge is 2.23. The highest BCUT2D eigenvalue weighted by Crippen LogP contribution is 2.28. The lowest BCUT2D eigenvalue weighted by Gasteiger charge is -2.34. The summed E-state index contributed by atoms with van der Waals surface area (Å²) in [6.07, 6.45) is 5.12. The molecule has 0 radical (unpaired) electrons. The van der Waals surface area contributed by atoms with E-state index in [2.05, 4.69) is 29.3 Å². The van der Waals surface area contributed by atoms with Crippen molar-refractivity contribution in [3.63, 3.8) is 0 Å². The first-order valence-electron chi connectivity index (χ1n) is 7.32. The Hall–Kier alpha value is -0.220. The molecule has 1 aromatic rings. The highest BCUT2D eigenvalue weighted by atomic mass is 35.5. The first-order valence-corrected chi connectivity index (χ1v) is 7.32. The van der Waals surface area contributed by atoms with Crippen LogP contribution in [0.25, 0.3) is 0 Å². The predicted octanol–water partition coefficient (Wildman–Crippen LogP) is 3.96. The molecule has 2 heterocycles. The van der Waals surface area contributed by atoms with E-state index in [1.54, 1.807) is 0 Å². The minimum atomic E-state index is 0. The fourth-order valence-electron chi connectivity index (χ4n) is 2.72. The lowest BCUT2D eigenvalue weighted by Crippen LogP contribution is -2.45. The summed E-state index contributed by atoms with van der Waals surface area (Å²) in [5.74, 6) is 2.19. The Labute approximate surface area is 135 Å². The van der Waals surface area contributed by atoms with Gasteiger partial charge in [-0.15, -0.1) is 24.8 Å². The van der Waals surface area contributed by atoms with E-state index < -0.39 is 0 Å². The lowest BCUT2D eigenvalue weighted by atomic mass is 10.0. The number of nitrogens with one attached hydrogen (secondary N) is 1. The van der Waals surface area contributed by atoms with Gasteiger partial charge in [-0.05, 0) is 25.5 Å². The Kier molecular flexibility index (Phi) is 10.4. The van der Waals surface area contributed by atoms with Crippen molar-refractivity contribution < 1.29 is 4.42 Å². The van der Waals surface area contributed by atoms with Crippen LogP contribution in [0, 0.1) is 6.92 Å². The van der Waals surface area contributed by atoms with Crippen molar-refractivity contribution in [3.05, 3.63) is 23.7 Å². The Morgan fingerprint density at radius 1 is 1.20 bits per heavy atom. The van der Waals surface area contributed by atoms with E-state index in [1.807, 2.05) is 6.92 Å². The van der Waals surface area contributed by atoms with Gasteiger partial charge < -0.3 is 9.73 Å². The maximum atomic E-state index is 5.87. The number of nitrogens with zero attached hydrogens (tertiary/aromatic N) is 1. The number of furan rings is 1. The molecule has 20 heavy (non-hydrogen) atoms. The quantitative estimate of drug-likeness (QED) is 0.803. The van der Waals surface area contributed by atoms with E-state index in [-0.39, 0.29) is 24.8 Å². The monoisotopic (exact) mass is 322 g/mol. The van der Waals surface area contributed by atoms with E-state index in [4.69, 9.17) is 4.42 Å². The SMILES string of the molecule is CCCCC[C@H](c1ccc(C)o1)N1CCNCC1.Cl.Cl. The molecule has 0 amide bonds. The van der Waals surface area contributed by atoms with Crippen LogP contribution in [0.2, 0.25) is 0 Å². The summed E-state index contributed by atoms with van der Waals surface area (Å²) in [4.78, 5) is 2.57. The van der Waals surface area contributed by atoms with Gasteiger partial charge in [-0.1, -0.05) is 26.2 Å². The van der Waals surface area contributed by atoms with Gasteiger partial charge in [0.15, 0.2) is 0 Å². The molecular formula is C15H28Cl2N2O. The molecule has 118 valence electrons. The van der Waals surface area contributed by atoms with Gasteiger partial charge in [0.25, 0.3) is 0 Å². The third-order valence-corrected chi connectivity index (χ3v) is 3.76. The highest BCUT2D eigenvalue weighted by molar-refractivity contribution is 5.85. The number of rotatable bonds is 6. The molecule has 0 bridgehead atoms. The molecule has 0 aliphatic carbocycles. The van der Waals surface area contributed by atoms with E-state index in [0.717, 1.165) is 37.7 Å². The van der Waals surface area contributed by atoms with Crippen LogP contribution in [0.4, 0.5) is 0 Å². The largest absolute Gasteiger partial charge is 0.465 e. The van der Waals surface area contributed by atoms with E-state index >= 15 is 0 Å². The summed E-state index contributed by atoms with van der Waals surface area (Å²) >= 11 is 0. The second kappa shape index (κ2) is 10.5. The molecule has 1 atom stereocenters. The van der Waals surface area contributed by atoms with Gasteiger partial charge >= 0.3 is 0 Å². The van der Waals surface area contributed by atoms with Crippen LogP contribution >= 0.6 is 24.8 Å². The number of unbranched alkanes of at least 4 members (excludes halogenated alkanes) is 2. The lowest BCUT2D eigenvalue weighted by molar-refractivity contribution is 0.143. The van der Waals surface area contributed by atoms with E-state index in [1.165, 1.54) is 25.7 Å². The molecule has 1 N–H and O–H groups in total. The molecular weight excluding hydrogens is 295 g/mol. The first kappa shape index (κ1) is 19.8. The van der Waals surface area contributed by atoms with E-state index in [0.29, 0.717) is 6.04 Å². The molecule has 0 saturated carbocycles. The van der Waals surface area contributed by atoms with E-state index in [9.17, 15) is 0 Å². The Balaban J connectivity index is 0.00000180. The summed E-state index contributed by atoms with van der Waals surface area (Å²) in [6.45, 7) is 8.77. The second-order valence-corrected chi connectivity index (χ2v) is 5.25. The van der Waals surface area contributed by atoms with Crippen molar-refractivity contribution in [2.24, 2.45) is 0 Å². The smallest absolute Gasteiger partial charge is 0.121 e. The fraction of sp³-hybridized carbons (Fsp3) is 0.733. The average molecular weight is 323 g/mol. The summed E-state index contributed by atoms with van der Waals surface area (Å²) in [7, 11) is 0. The van der Waals surface area contributed by atoms with Gasteiger partial charge in [0.05, 0.1) is 6.04 Å². The zero-order valence-corrected chi connectivity index (χ0v) is 14.2. The normalized spacial score (nSPS) is 17.1. The van der Waals surface area contributed by atoms with Gasteiger partial charge in [-0.3, -0.25) is 4.90 Å². The van der Waals surface area contributed by atoms with Crippen molar-refractivity contribution >= 4 is 24.8 Å². The summed E-state index contributed by atoms with van der Waals surface area (Å²) in [6, 6.07) is 4.73. The number of hydrogen-bond acceptors (Lipinski definition) is 3. The number of piperazine rings is 1. The molecule has 1 aliphatic heterocycles. The van der Waals surface area contributed by atoms with Gasteiger partial charge in [-0.2, -0.15) is 0 Å². The predicted molar refractivity (Wildman–Crippen MR) is 89.3 cm³/mol. The maximum absolute atomic E-state index is 5.87. The summed E-state index contributed by atoms with van der Waals surface area (Å²) < 4.78 is 5.87. The van der Waals surface area contributed by atoms with Gasteiger partial charge in [0.1, 0.15) is 11.5 Å². The molecule has 1 aliphatic rings. The minimum Gasteiger partial charge on any atom is -0.465 e. The fourth-order valence-corrected chi connectivity index (χ4v) is 2.72. The zero-order chi connectivity index (χ0) is 12.8. The molecule has 0 spiro atoms. The Morgan fingerprint density at radius 3 is 2.45 bits per heavy atom. The summed E-state index contributed by atoms with van der Waals surface area (Å²) in [5.41, 5.74) is 0. The number of aryl methyl sites for hydroxylation is 1. The zero-order valence-electron chi connectivity index (χ0n) is 12.6. The van der Waals surface area contributed by atoms with Crippen molar-refractivity contribution in [2.45, 2.75) is 45.6 Å². The first-order chi connectivity index (χ1) is 8.81. The molecule has 1 aromatic heterocycles. The second-order valence-electron chi connectivity index (χ2n) is 5.25. The van der Waals surface area contributed by atoms with Gasteiger partial charge in [-0.25, -0.2) is 0 Å². The van der Waals surface area contributed by atoms with Gasteiger partial charge in [0, 0.05) is 26.2 Å². The Bertz CT molecular complexity index is 351. The molecule has 3 nitrogen and oxygen atoms in total. The number of hydrogen-bond donors (Lipinski definition) is 1. The van der Waals surface area contributed by atoms with Crippen LogP contribution in [-0.2, 0) is 0 Å². The third-order valence-electron chi connectivity index (χ3n) is 3.76. The minimum absolute atomic E-state index is 0. The van der Waals surface area contributed by atoms with Crippen LogP contribution in [-0.4, -0.2) is 31.1 Å². The van der Waals surface area contributed by atoms with Crippen LogP contribution < -0.4 is 5.32 Å². The maximum Gasteiger partial charge on any atom is 0.121 e. The Morgan fingerprint density at radius 2 is 1.90 bits per heavy atom. The molecule has 0 unspecified atom stereocenters. The average Bonchev–Trinajstić information content (AvgIpc) is 2.82.